The molecule has 20 heavy (non-hydrogen) atoms. The third-order valence-electron chi connectivity index (χ3n) is 4.00. The molecule has 0 unspecified atom stereocenters. The SMILES string of the molecule is CCCC1CCN(c2cc(F)c(C(=O)O)cc2N)CC1. The first kappa shape index (κ1) is 14.6. The number of nitrogens with two attached hydrogens (primary N) is 1. The summed E-state index contributed by atoms with van der Waals surface area (Å²) in [6.45, 7) is 3.88. The first-order valence-electron chi connectivity index (χ1n) is 7.10. The van der Waals surface area contributed by atoms with Crippen LogP contribution < -0.4 is 10.6 Å². The van der Waals surface area contributed by atoms with Crippen LogP contribution in [0.5, 0.6) is 0 Å². The van der Waals surface area contributed by atoms with Crippen molar-refractivity contribution in [3.63, 3.8) is 0 Å². The van der Waals surface area contributed by atoms with Gasteiger partial charge in [-0.05, 0) is 24.8 Å². The lowest BCUT2D eigenvalue weighted by atomic mass is 9.92. The van der Waals surface area contributed by atoms with Crippen molar-refractivity contribution >= 4 is 17.3 Å². The summed E-state index contributed by atoms with van der Waals surface area (Å²) in [5.41, 5.74) is 6.46. The summed E-state index contributed by atoms with van der Waals surface area (Å²) in [6.07, 6.45) is 4.58. The highest BCUT2D eigenvalue weighted by Crippen LogP contribution is 2.31. The Bertz CT molecular complexity index is 497. The minimum atomic E-state index is -1.29. The zero-order valence-electron chi connectivity index (χ0n) is 11.7. The summed E-state index contributed by atoms with van der Waals surface area (Å²) in [7, 11) is 0. The van der Waals surface area contributed by atoms with Crippen LogP contribution in [0.15, 0.2) is 12.1 Å². The van der Waals surface area contributed by atoms with Crippen molar-refractivity contribution in [3.05, 3.63) is 23.5 Å². The van der Waals surface area contributed by atoms with Crippen molar-refractivity contribution in [2.75, 3.05) is 23.7 Å². The van der Waals surface area contributed by atoms with Gasteiger partial charge >= 0.3 is 5.97 Å². The molecule has 0 atom stereocenters. The van der Waals surface area contributed by atoms with E-state index in [-0.39, 0.29) is 5.56 Å². The standard InChI is InChI=1S/C15H21FN2O2/c1-2-3-10-4-6-18(7-5-10)14-9-12(16)11(15(19)20)8-13(14)17/h8-10H,2-7,17H2,1H3,(H,19,20). The molecule has 1 aromatic carbocycles. The number of carboxylic acids is 1. The van der Waals surface area contributed by atoms with Gasteiger partial charge in [0.15, 0.2) is 0 Å². The second kappa shape index (κ2) is 6.11. The molecule has 4 nitrogen and oxygen atoms in total. The van der Waals surface area contributed by atoms with Gasteiger partial charge in [-0.2, -0.15) is 0 Å². The minimum absolute atomic E-state index is 0.331. The molecule has 1 aliphatic rings. The van der Waals surface area contributed by atoms with Crippen LogP contribution >= 0.6 is 0 Å². The fourth-order valence-electron chi connectivity index (χ4n) is 2.89. The van der Waals surface area contributed by atoms with Crippen LogP contribution in [-0.2, 0) is 0 Å². The van der Waals surface area contributed by atoms with Crippen LogP contribution in [0.1, 0.15) is 43.0 Å². The Morgan fingerprint density at radius 3 is 2.65 bits per heavy atom. The van der Waals surface area contributed by atoms with Crippen molar-refractivity contribution in [2.24, 2.45) is 5.92 Å². The number of halogens is 1. The molecule has 2 rings (SSSR count). The van der Waals surface area contributed by atoms with E-state index in [1.165, 1.54) is 25.0 Å². The van der Waals surface area contributed by atoms with Gasteiger partial charge in [0.2, 0.25) is 0 Å². The quantitative estimate of drug-likeness (QED) is 0.832. The summed E-state index contributed by atoms with van der Waals surface area (Å²) < 4.78 is 13.8. The Hall–Kier alpha value is -1.78. The van der Waals surface area contributed by atoms with Crippen LogP contribution in [0.4, 0.5) is 15.8 Å². The van der Waals surface area contributed by atoms with Crippen LogP contribution in [0, 0.1) is 11.7 Å². The number of aromatic carboxylic acids is 1. The number of nitrogen functional groups attached to an aromatic ring is 1. The van der Waals surface area contributed by atoms with E-state index < -0.39 is 11.8 Å². The molecule has 0 amide bonds. The van der Waals surface area contributed by atoms with Gasteiger partial charge in [0.25, 0.3) is 0 Å². The zero-order chi connectivity index (χ0) is 14.7. The number of piperidine rings is 1. The molecule has 0 aliphatic carbocycles. The van der Waals surface area contributed by atoms with Gasteiger partial charge in [-0.3, -0.25) is 0 Å². The van der Waals surface area contributed by atoms with E-state index in [9.17, 15) is 9.18 Å². The van der Waals surface area contributed by atoms with E-state index in [2.05, 4.69) is 11.8 Å². The number of nitrogens with zero attached hydrogens (tertiary/aromatic N) is 1. The lowest BCUT2D eigenvalue weighted by Crippen LogP contribution is -2.34. The minimum Gasteiger partial charge on any atom is -0.478 e. The van der Waals surface area contributed by atoms with E-state index in [0.717, 1.165) is 31.8 Å². The van der Waals surface area contributed by atoms with E-state index in [1.54, 1.807) is 0 Å². The lowest BCUT2D eigenvalue weighted by molar-refractivity contribution is 0.0692. The highest BCUT2D eigenvalue weighted by molar-refractivity contribution is 5.91. The molecule has 0 spiro atoms. The van der Waals surface area contributed by atoms with Gasteiger partial charge in [-0.1, -0.05) is 19.8 Å². The van der Waals surface area contributed by atoms with Gasteiger partial charge in [0.05, 0.1) is 16.9 Å². The molecule has 1 heterocycles. The summed E-state index contributed by atoms with van der Waals surface area (Å²) in [4.78, 5) is 12.9. The van der Waals surface area contributed by atoms with Crippen LogP contribution in [0.3, 0.4) is 0 Å². The number of hydrogen-bond donors (Lipinski definition) is 2. The van der Waals surface area contributed by atoms with Crippen LogP contribution in [0.2, 0.25) is 0 Å². The highest BCUT2D eigenvalue weighted by Gasteiger charge is 2.22. The highest BCUT2D eigenvalue weighted by atomic mass is 19.1. The van der Waals surface area contributed by atoms with Gasteiger partial charge in [-0.25, -0.2) is 9.18 Å². The fraction of sp³-hybridized carbons (Fsp3) is 0.533. The third-order valence-corrected chi connectivity index (χ3v) is 4.00. The number of benzene rings is 1. The average molecular weight is 280 g/mol. The fourth-order valence-corrected chi connectivity index (χ4v) is 2.89. The molecule has 1 fully saturated rings. The van der Waals surface area contributed by atoms with E-state index in [0.29, 0.717) is 11.4 Å². The maximum Gasteiger partial charge on any atom is 0.338 e. The van der Waals surface area contributed by atoms with Crippen LogP contribution in [-0.4, -0.2) is 24.2 Å². The molecular formula is C15H21FN2O2. The average Bonchev–Trinajstić information content (AvgIpc) is 2.42. The maximum absolute atomic E-state index is 13.8. The molecule has 0 aromatic heterocycles. The van der Waals surface area contributed by atoms with Crippen molar-refractivity contribution in [3.8, 4) is 0 Å². The topological polar surface area (TPSA) is 66.6 Å². The van der Waals surface area contributed by atoms with Gasteiger partial charge in [-0.15, -0.1) is 0 Å². The molecule has 110 valence electrons. The predicted octanol–water partition coefficient (Wildman–Crippen LogP) is 3.12. The molecule has 0 bridgehead atoms. The molecule has 3 N–H and O–H groups in total. The summed E-state index contributed by atoms with van der Waals surface area (Å²) >= 11 is 0. The van der Waals surface area contributed by atoms with Crippen LogP contribution in [0.25, 0.3) is 0 Å². The summed E-state index contributed by atoms with van der Waals surface area (Å²) in [6, 6.07) is 2.46. The Morgan fingerprint density at radius 1 is 1.45 bits per heavy atom. The van der Waals surface area contributed by atoms with Crippen molar-refractivity contribution < 1.29 is 14.3 Å². The monoisotopic (exact) mass is 280 g/mol. The predicted molar refractivity (Wildman–Crippen MR) is 77.6 cm³/mol. The van der Waals surface area contributed by atoms with E-state index >= 15 is 0 Å². The molecule has 0 radical (unpaired) electrons. The zero-order valence-corrected chi connectivity index (χ0v) is 11.7. The van der Waals surface area contributed by atoms with Gasteiger partial charge in [0, 0.05) is 19.2 Å². The largest absolute Gasteiger partial charge is 0.478 e. The smallest absolute Gasteiger partial charge is 0.338 e. The summed E-state index contributed by atoms with van der Waals surface area (Å²) in [5.74, 6) is -1.28. The Labute approximate surface area is 118 Å². The van der Waals surface area contributed by atoms with E-state index in [1.807, 2.05) is 0 Å². The van der Waals surface area contributed by atoms with Gasteiger partial charge < -0.3 is 15.7 Å². The molecule has 1 aliphatic heterocycles. The van der Waals surface area contributed by atoms with E-state index in [4.69, 9.17) is 10.8 Å². The third kappa shape index (κ3) is 3.03. The molecule has 1 saturated heterocycles. The molecule has 0 saturated carbocycles. The van der Waals surface area contributed by atoms with Crippen molar-refractivity contribution in [2.45, 2.75) is 32.6 Å². The number of anilines is 2. The Morgan fingerprint density at radius 2 is 2.10 bits per heavy atom. The molecule has 1 aromatic rings. The summed E-state index contributed by atoms with van der Waals surface area (Å²) in [5, 5.41) is 8.88. The number of carbonyl (C=O) groups is 1. The van der Waals surface area contributed by atoms with Crippen molar-refractivity contribution in [1.82, 2.24) is 0 Å². The number of carboxylic acid groups (broad SMARTS) is 1. The normalized spacial score (nSPS) is 16.4. The lowest BCUT2D eigenvalue weighted by Gasteiger charge is -2.34. The first-order chi connectivity index (χ1) is 9.52. The van der Waals surface area contributed by atoms with Gasteiger partial charge in [0.1, 0.15) is 5.82 Å². The second-order valence-corrected chi connectivity index (χ2v) is 5.42. The second-order valence-electron chi connectivity index (χ2n) is 5.42. The number of hydrogen-bond acceptors (Lipinski definition) is 3. The molecule has 5 heteroatoms. The Kier molecular flexibility index (Phi) is 4.47. The van der Waals surface area contributed by atoms with Crippen molar-refractivity contribution in [1.29, 1.82) is 0 Å². The Balaban J connectivity index is 2.14. The number of rotatable bonds is 4. The molecular weight excluding hydrogens is 259 g/mol. The maximum atomic E-state index is 13.8. The first-order valence-corrected chi connectivity index (χ1v) is 7.10.